The lowest BCUT2D eigenvalue weighted by Crippen LogP contribution is -2.23. The molecule has 2 aromatic heterocycles. The third kappa shape index (κ3) is 2.79. The van der Waals surface area contributed by atoms with E-state index in [-0.39, 0.29) is 0 Å². The molecule has 0 spiro atoms. The average molecular weight is 381 g/mol. The molecule has 7 heteroatoms. The number of aromatic hydroxyl groups is 1. The van der Waals surface area contributed by atoms with Gasteiger partial charge < -0.3 is 25.1 Å². The van der Waals surface area contributed by atoms with Crippen molar-refractivity contribution in [2.24, 2.45) is 7.05 Å². The highest BCUT2D eigenvalue weighted by molar-refractivity contribution is 5.94. The Bertz CT molecular complexity index is 1170. The van der Waals surface area contributed by atoms with Crippen LogP contribution in [0.2, 0.25) is 0 Å². The second-order valence-corrected chi connectivity index (χ2v) is 7.63. The van der Waals surface area contributed by atoms with Crippen molar-refractivity contribution in [3.05, 3.63) is 50.9 Å². The first kappa shape index (κ1) is 18.3. The largest absolute Gasteiger partial charge is 0.506 e. The van der Waals surface area contributed by atoms with Crippen LogP contribution in [0.1, 0.15) is 41.0 Å². The van der Waals surface area contributed by atoms with Crippen LogP contribution in [0.3, 0.4) is 0 Å². The topological polar surface area (TPSA) is 107 Å². The van der Waals surface area contributed by atoms with Crippen molar-refractivity contribution in [2.75, 3.05) is 0 Å². The maximum Gasteiger partial charge on any atom is 0.345 e. The van der Waals surface area contributed by atoms with E-state index in [9.17, 15) is 19.8 Å². The van der Waals surface area contributed by atoms with Gasteiger partial charge in [-0.2, -0.15) is 0 Å². The number of H-pyrrole nitrogens is 1. The molecule has 0 aliphatic heterocycles. The van der Waals surface area contributed by atoms with Gasteiger partial charge in [0.25, 0.3) is 5.56 Å². The SMILES string of the molecule is CC(C)NCc1cc2cc3c(cc2n1C)CCc1c-3[nH]c(=O)c(C(=O)O)c1O. The number of aromatic amines is 1. The molecule has 0 fully saturated rings. The van der Waals surface area contributed by atoms with Gasteiger partial charge in [-0.15, -0.1) is 0 Å². The minimum Gasteiger partial charge on any atom is -0.506 e. The summed E-state index contributed by atoms with van der Waals surface area (Å²) in [5.74, 6) is -1.85. The van der Waals surface area contributed by atoms with Gasteiger partial charge in [0, 0.05) is 47.4 Å². The molecule has 4 N–H and O–H groups in total. The number of hydrogen-bond acceptors (Lipinski definition) is 4. The van der Waals surface area contributed by atoms with Crippen molar-refractivity contribution >= 4 is 16.9 Å². The Morgan fingerprint density at radius 3 is 2.71 bits per heavy atom. The maximum atomic E-state index is 12.2. The molecule has 0 saturated heterocycles. The summed E-state index contributed by atoms with van der Waals surface area (Å²) in [4.78, 5) is 26.2. The quantitative estimate of drug-likeness (QED) is 0.556. The van der Waals surface area contributed by atoms with Gasteiger partial charge in [0.2, 0.25) is 0 Å². The van der Waals surface area contributed by atoms with E-state index in [1.807, 2.05) is 13.1 Å². The molecule has 2 heterocycles. The molecule has 0 atom stereocenters. The van der Waals surface area contributed by atoms with Gasteiger partial charge in [-0.05, 0) is 36.6 Å². The van der Waals surface area contributed by atoms with E-state index in [1.54, 1.807) is 0 Å². The summed E-state index contributed by atoms with van der Waals surface area (Å²) in [6.07, 6.45) is 1.14. The molecule has 0 amide bonds. The summed E-state index contributed by atoms with van der Waals surface area (Å²) in [6.45, 7) is 4.96. The van der Waals surface area contributed by atoms with E-state index >= 15 is 0 Å². The van der Waals surface area contributed by atoms with Crippen molar-refractivity contribution < 1.29 is 15.0 Å². The number of pyridine rings is 1. The third-order valence-corrected chi connectivity index (χ3v) is 5.48. The molecule has 146 valence electrons. The molecule has 1 aromatic carbocycles. The molecule has 4 rings (SSSR count). The first-order valence-corrected chi connectivity index (χ1v) is 9.34. The van der Waals surface area contributed by atoms with Gasteiger partial charge in [-0.1, -0.05) is 13.8 Å². The summed E-state index contributed by atoms with van der Waals surface area (Å²) in [5.41, 5.74) is 3.80. The second-order valence-electron chi connectivity index (χ2n) is 7.63. The Labute approximate surface area is 161 Å². The lowest BCUT2D eigenvalue weighted by Gasteiger charge is -2.21. The van der Waals surface area contributed by atoms with E-state index in [0.29, 0.717) is 30.1 Å². The van der Waals surface area contributed by atoms with Gasteiger partial charge in [-0.3, -0.25) is 4.79 Å². The Hall–Kier alpha value is -3.06. The summed E-state index contributed by atoms with van der Waals surface area (Å²) < 4.78 is 2.16. The number of benzene rings is 1. The molecular formula is C21H23N3O4. The van der Waals surface area contributed by atoms with Crippen molar-refractivity contribution in [3.8, 4) is 17.0 Å². The van der Waals surface area contributed by atoms with Crippen LogP contribution in [0, 0.1) is 0 Å². The first-order chi connectivity index (χ1) is 13.3. The van der Waals surface area contributed by atoms with E-state index in [0.717, 1.165) is 34.3 Å². The van der Waals surface area contributed by atoms with Crippen LogP contribution in [-0.2, 0) is 26.4 Å². The number of rotatable bonds is 4. The highest BCUT2D eigenvalue weighted by Crippen LogP contribution is 2.39. The number of carboxylic acid groups (broad SMARTS) is 1. The lowest BCUT2D eigenvalue weighted by molar-refractivity contribution is 0.0691. The number of nitrogens with one attached hydrogen (secondary N) is 2. The van der Waals surface area contributed by atoms with Gasteiger partial charge in [0.05, 0.1) is 5.69 Å². The first-order valence-electron chi connectivity index (χ1n) is 9.34. The zero-order valence-corrected chi connectivity index (χ0v) is 16.1. The summed E-state index contributed by atoms with van der Waals surface area (Å²) >= 11 is 0. The molecule has 0 saturated carbocycles. The highest BCUT2D eigenvalue weighted by Gasteiger charge is 2.27. The van der Waals surface area contributed by atoms with E-state index in [4.69, 9.17) is 0 Å². The molecule has 7 nitrogen and oxygen atoms in total. The Kier molecular flexibility index (Phi) is 4.27. The molecule has 1 aliphatic rings. The van der Waals surface area contributed by atoms with E-state index in [1.165, 1.54) is 0 Å². The fraction of sp³-hybridized carbons (Fsp3) is 0.333. The van der Waals surface area contributed by atoms with Gasteiger partial charge >= 0.3 is 5.97 Å². The van der Waals surface area contributed by atoms with Crippen molar-refractivity contribution in [2.45, 2.75) is 39.3 Å². The Morgan fingerprint density at radius 1 is 1.29 bits per heavy atom. The predicted octanol–water partition coefficient (Wildman–Crippen LogP) is 2.53. The number of hydrogen-bond donors (Lipinski definition) is 4. The van der Waals surface area contributed by atoms with E-state index < -0.39 is 22.8 Å². The Balaban J connectivity index is 1.88. The summed E-state index contributed by atoms with van der Waals surface area (Å²) in [7, 11) is 2.04. The number of aryl methyl sites for hydroxylation is 2. The molecule has 1 aliphatic carbocycles. The zero-order valence-electron chi connectivity index (χ0n) is 16.1. The van der Waals surface area contributed by atoms with Crippen molar-refractivity contribution in [1.29, 1.82) is 0 Å². The maximum absolute atomic E-state index is 12.2. The van der Waals surface area contributed by atoms with Crippen LogP contribution in [0.25, 0.3) is 22.2 Å². The molecule has 0 radical (unpaired) electrons. The predicted molar refractivity (Wildman–Crippen MR) is 107 cm³/mol. The third-order valence-electron chi connectivity index (χ3n) is 5.48. The molecule has 0 unspecified atom stereocenters. The number of aromatic nitrogens is 2. The monoisotopic (exact) mass is 381 g/mol. The highest BCUT2D eigenvalue weighted by atomic mass is 16.4. The second kappa shape index (κ2) is 6.53. The fourth-order valence-corrected chi connectivity index (χ4v) is 3.96. The fourth-order valence-electron chi connectivity index (χ4n) is 3.96. The summed E-state index contributed by atoms with van der Waals surface area (Å²) in [6, 6.07) is 6.63. The van der Waals surface area contributed by atoms with Crippen LogP contribution in [0.15, 0.2) is 23.0 Å². The van der Waals surface area contributed by atoms with Crippen molar-refractivity contribution in [3.63, 3.8) is 0 Å². The standard InChI is InChI=1S/C21H23N3O4/c1-10(2)22-9-13-6-12-7-15-11(8-16(12)24(13)3)4-5-14-18(15)23-20(26)17(19(14)25)21(27)28/h6-8,10,22H,4-5,9H2,1-3H3,(H,27,28)(H2,23,25,26). The molecule has 28 heavy (non-hydrogen) atoms. The van der Waals surface area contributed by atoms with Crippen LogP contribution >= 0.6 is 0 Å². The van der Waals surface area contributed by atoms with Gasteiger partial charge in [0.15, 0.2) is 5.56 Å². The van der Waals surface area contributed by atoms with Gasteiger partial charge in [-0.25, -0.2) is 4.79 Å². The number of nitrogens with zero attached hydrogens (tertiary/aromatic N) is 1. The van der Waals surface area contributed by atoms with Crippen LogP contribution in [0.5, 0.6) is 5.75 Å². The smallest absolute Gasteiger partial charge is 0.345 e. The molecule has 3 aromatic rings. The van der Waals surface area contributed by atoms with Crippen LogP contribution in [0.4, 0.5) is 0 Å². The number of fused-ring (bicyclic) bond motifs is 4. The number of carboxylic acids is 1. The summed E-state index contributed by atoms with van der Waals surface area (Å²) in [5, 5.41) is 24.1. The van der Waals surface area contributed by atoms with Crippen molar-refractivity contribution in [1.82, 2.24) is 14.9 Å². The van der Waals surface area contributed by atoms with Crippen LogP contribution < -0.4 is 10.9 Å². The molecular weight excluding hydrogens is 358 g/mol. The zero-order chi connectivity index (χ0) is 20.2. The number of carbonyl (C=O) groups is 1. The van der Waals surface area contributed by atoms with Gasteiger partial charge in [0.1, 0.15) is 5.75 Å². The minimum atomic E-state index is -1.42. The lowest BCUT2D eigenvalue weighted by atomic mass is 9.87. The minimum absolute atomic E-state index is 0.384. The number of aromatic carboxylic acids is 1. The Morgan fingerprint density at radius 2 is 2.04 bits per heavy atom. The van der Waals surface area contributed by atoms with Crippen LogP contribution in [-0.4, -0.2) is 31.8 Å². The normalized spacial score (nSPS) is 13.0. The average Bonchev–Trinajstić information content (AvgIpc) is 2.93. The van der Waals surface area contributed by atoms with E-state index in [2.05, 4.69) is 40.8 Å². The molecule has 0 bridgehead atoms.